The number of morpholine rings is 1. The molecular formula is C8H11F2NO4. The van der Waals surface area contributed by atoms with Crippen LogP contribution in [0, 0.1) is 0 Å². The number of nitrogens with zero attached hydrogens (tertiary/aromatic N) is 1. The molecule has 1 aliphatic rings. The molecule has 0 saturated carbocycles. The van der Waals surface area contributed by atoms with E-state index in [9.17, 15) is 18.4 Å². The van der Waals surface area contributed by atoms with Gasteiger partial charge in [-0.2, -0.15) is 8.78 Å². The number of alkyl halides is 2. The number of amides is 1. The highest BCUT2D eigenvalue weighted by molar-refractivity contribution is 5.84. The summed E-state index contributed by atoms with van der Waals surface area (Å²) in [4.78, 5) is 22.4. The van der Waals surface area contributed by atoms with Crippen molar-refractivity contribution in [3.05, 3.63) is 0 Å². The minimum atomic E-state index is -3.47. The molecule has 0 aromatic carbocycles. The molecule has 1 saturated heterocycles. The van der Waals surface area contributed by atoms with E-state index in [2.05, 4.69) is 0 Å². The van der Waals surface area contributed by atoms with E-state index in [1.165, 1.54) is 0 Å². The Hall–Kier alpha value is -1.24. The highest BCUT2D eigenvalue weighted by Crippen LogP contribution is 2.18. The molecule has 1 rings (SSSR count). The third-order valence-electron chi connectivity index (χ3n) is 2.00. The number of carboxylic acids is 1. The lowest BCUT2D eigenvalue weighted by atomic mass is 10.2. The summed E-state index contributed by atoms with van der Waals surface area (Å²) in [5.74, 6) is -6.09. The maximum absolute atomic E-state index is 12.6. The average Bonchev–Trinajstić information content (AvgIpc) is 2.15. The fourth-order valence-electron chi connectivity index (χ4n) is 1.26. The Morgan fingerprint density at radius 2 is 2.13 bits per heavy atom. The molecule has 15 heavy (non-hydrogen) atoms. The van der Waals surface area contributed by atoms with Crippen LogP contribution in [0.5, 0.6) is 0 Å². The zero-order chi connectivity index (χ0) is 11.6. The number of carbonyl (C=O) groups excluding carboxylic acids is 1. The first kappa shape index (κ1) is 11.8. The summed E-state index contributed by atoms with van der Waals surface area (Å²) in [5, 5.41) is 8.59. The predicted molar refractivity (Wildman–Crippen MR) is 44.6 cm³/mol. The molecule has 1 fully saturated rings. The van der Waals surface area contributed by atoms with E-state index in [1.807, 2.05) is 0 Å². The van der Waals surface area contributed by atoms with Gasteiger partial charge in [0.2, 0.25) is 0 Å². The molecule has 7 heteroatoms. The van der Waals surface area contributed by atoms with E-state index in [0.717, 1.165) is 4.90 Å². The number of hydrogen-bond acceptors (Lipinski definition) is 3. The number of aliphatic carboxylic acids is 1. The number of ether oxygens (including phenoxy) is 1. The van der Waals surface area contributed by atoms with Crippen molar-refractivity contribution in [3.8, 4) is 0 Å². The lowest BCUT2D eigenvalue weighted by molar-refractivity contribution is -0.169. The standard InChI is InChI=1S/C8H11F2NO4/c1-8(9,10)7(14)11-2-3-15-5(4-11)6(12)13/h5H,2-4H2,1H3,(H,12,13). The van der Waals surface area contributed by atoms with Gasteiger partial charge in [-0.15, -0.1) is 0 Å². The molecule has 1 heterocycles. The lowest BCUT2D eigenvalue weighted by Crippen LogP contribution is -2.52. The summed E-state index contributed by atoms with van der Waals surface area (Å²) in [6.07, 6.45) is -1.22. The Kier molecular flexibility index (Phi) is 3.23. The minimum absolute atomic E-state index is 0.00789. The van der Waals surface area contributed by atoms with E-state index in [4.69, 9.17) is 9.84 Å². The van der Waals surface area contributed by atoms with E-state index in [1.54, 1.807) is 0 Å². The first-order chi connectivity index (χ1) is 6.82. The van der Waals surface area contributed by atoms with Crippen LogP contribution in [0.4, 0.5) is 8.78 Å². The molecule has 0 aromatic rings. The molecule has 0 aliphatic carbocycles. The van der Waals surface area contributed by atoms with Gasteiger partial charge in [0.05, 0.1) is 13.2 Å². The van der Waals surface area contributed by atoms with Gasteiger partial charge in [0, 0.05) is 13.5 Å². The molecule has 5 nitrogen and oxygen atoms in total. The number of carboxylic acid groups (broad SMARTS) is 1. The second kappa shape index (κ2) is 4.09. The Balaban J connectivity index is 2.64. The molecule has 1 amide bonds. The van der Waals surface area contributed by atoms with Crippen LogP contribution >= 0.6 is 0 Å². The van der Waals surface area contributed by atoms with Gasteiger partial charge in [-0.3, -0.25) is 4.79 Å². The summed E-state index contributed by atoms with van der Waals surface area (Å²) in [6.45, 7) is 0.100. The monoisotopic (exact) mass is 223 g/mol. The van der Waals surface area contributed by atoms with Gasteiger partial charge in [-0.1, -0.05) is 0 Å². The second-order valence-electron chi connectivity index (χ2n) is 3.34. The van der Waals surface area contributed by atoms with Crippen LogP contribution in [0.3, 0.4) is 0 Å². The molecule has 1 atom stereocenters. The van der Waals surface area contributed by atoms with Crippen LogP contribution < -0.4 is 0 Å². The maximum atomic E-state index is 12.6. The Bertz CT molecular complexity index is 276. The highest BCUT2D eigenvalue weighted by Gasteiger charge is 2.39. The van der Waals surface area contributed by atoms with Crippen LogP contribution in [0.15, 0.2) is 0 Å². The number of carbonyl (C=O) groups is 2. The van der Waals surface area contributed by atoms with Gasteiger partial charge in [-0.25, -0.2) is 4.79 Å². The number of halogens is 2. The first-order valence-electron chi connectivity index (χ1n) is 4.34. The Labute approximate surface area is 84.6 Å². The summed E-state index contributed by atoms with van der Waals surface area (Å²) >= 11 is 0. The average molecular weight is 223 g/mol. The number of rotatable bonds is 2. The van der Waals surface area contributed by atoms with Crippen LogP contribution in [-0.4, -0.2) is 53.6 Å². The topological polar surface area (TPSA) is 66.8 Å². The van der Waals surface area contributed by atoms with Crippen molar-refractivity contribution in [1.82, 2.24) is 4.90 Å². The van der Waals surface area contributed by atoms with Crippen molar-refractivity contribution in [2.45, 2.75) is 19.0 Å². The van der Waals surface area contributed by atoms with Crippen molar-refractivity contribution >= 4 is 11.9 Å². The molecule has 0 spiro atoms. The third kappa shape index (κ3) is 2.85. The minimum Gasteiger partial charge on any atom is -0.479 e. The highest BCUT2D eigenvalue weighted by atomic mass is 19.3. The summed E-state index contributed by atoms with van der Waals surface area (Å²) < 4.78 is 30.1. The lowest BCUT2D eigenvalue weighted by Gasteiger charge is -2.32. The molecule has 1 N–H and O–H groups in total. The third-order valence-corrected chi connectivity index (χ3v) is 2.00. The molecular weight excluding hydrogens is 212 g/mol. The predicted octanol–water partition coefficient (Wildman–Crippen LogP) is -0.0464. The van der Waals surface area contributed by atoms with Gasteiger partial charge >= 0.3 is 11.9 Å². The van der Waals surface area contributed by atoms with Crippen molar-refractivity contribution < 1.29 is 28.2 Å². The van der Waals surface area contributed by atoms with E-state index in [-0.39, 0.29) is 19.7 Å². The number of hydrogen-bond donors (Lipinski definition) is 1. The van der Waals surface area contributed by atoms with Crippen LogP contribution in [0.2, 0.25) is 0 Å². The molecule has 1 unspecified atom stereocenters. The smallest absolute Gasteiger partial charge is 0.334 e. The van der Waals surface area contributed by atoms with Crippen molar-refractivity contribution in [1.29, 1.82) is 0 Å². The van der Waals surface area contributed by atoms with Gasteiger partial charge in [0.25, 0.3) is 5.91 Å². The van der Waals surface area contributed by atoms with E-state index >= 15 is 0 Å². The van der Waals surface area contributed by atoms with E-state index in [0.29, 0.717) is 6.92 Å². The molecule has 0 radical (unpaired) electrons. The summed E-state index contributed by atoms with van der Waals surface area (Å²) in [6, 6.07) is 0. The maximum Gasteiger partial charge on any atom is 0.334 e. The van der Waals surface area contributed by atoms with Crippen LogP contribution in [0.25, 0.3) is 0 Å². The normalized spacial score (nSPS) is 22.6. The van der Waals surface area contributed by atoms with Gasteiger partial charge in [-0.05, 0) is 0 Å². The molecule has 0 bridgehead atoms. The zero-order valence-corrected chi connectivity index (χ0v) is 8.07. The SMILES string of the molecule is CC(F)(F)C(=O)N1CCOC(C(=O)O)C1. The van der Waals surface area contributed by atoms with Crippen molar-refractivity contribution in [3.63, 3.8) is 0 Å². The Morgan fingerprint density at radius 1 is 1.53 bits per heavy atom. The van der Waals surface area contributed by atoms with Crippen molar-refractivity contribution in [2.75, 3.05) is 19.7 Å². The molecule has 1 aliphatic heterocycles. The van der Waals surface area contributed by atoms with Crippen LogP contribution in [0.1, 0.15) is 6.92 Å². The Morgan fingerprint density at radius 3 is 2.60 bits per heavy atom. The summed E-state index contributed by atoms with van der Waals surface area (Å²) in [7, 11) is 0. The van der Waals surface area contributed by atoms with Crippen LogP contribution in [-0.2, 0) is 14.3 Å². The van der Waals surface area contributed by atoms with Gasteiger partial charge in [0.1, 0.15) is 0 Å². The fourth-order valence-corrected chi connectivity index (χ4v) is 1.26. The summed E-state index contributed by atoms with van der Waals surface area (Å²) in [5.41, 5.74) is 0. The van der Waals surface area contributed by atoms with Gasteiger partial charge in [0.15, 0.2) is 6.10 Å². The molecule has 0 aromatic heterocycles. The molecule has 86 valence electrons. The second-order valence-corrected chi connectivity index (χ2v) is 3.34. The van der Waals surface area contributed by atoms with Gasteiger partial charge < -0.3 is 14.7 Å². The zero-order valence-electron chi connectivity index (χ0n) is 8.07. The quantitative estimate of drug-likeness (QED) is 0.713. The fraction of sp³-hybridized carbons (Fsp3) is 0.750. The largest absolute Gasteiger partial charge is 0.479 e. The van der Waals surface area contributed by atoms with Crippen molar-refractivity contribution in [2.24, 2.45) is 0 Å². The first-order valence-corrected chi connectivity index (χ1v) is 4.34. The van der Waals surface area contributed by atoms with E-state index < -0.39 is 23.9 Å².